The van der Waals surface area contributed by atoms with Crippen LogP contribution in [0.25, 0.3) is 0 Å². The molecule has 2 atom stereocenters. The highest BCUT2D eigenvalue weighted by atomic mass is 79.9. The quantitative estimate of drug-likeness (QED) is 0.488. The molecule has 0 aromatic heterocycles. The average molecular weight is 350 g/mol. The van der Waals surface area contributed by atoms with Gasteiger partial charge in [0.15, 0.2) is 0 Å². The third kappa shape index (κ3) is 7.42. The molecular formula is C17H36BrNO. The van der Waals surface area contributed by atoms with Crippen LogP contribution in [0.1, 0.15) is 77.6 Å². The van der Waals surface area contributed by atoms with Gasteiger partial charge in [0.1, 0.15) is 12.1 Å². The van der Waals surface area contributed by atoms with Crippen LogP contribution in [-0.4, -0.2) is 42.4 Å². The van der Waals surface area contributed by atoms with Crippen LogP contribution in [0.3, 0.4) is 0 Å². The molecule has 1 fully saturated rings. The van der Waals surface area contributed by atoms with Crippen molar-refractivity contribution in [2.24, 2.45) is 0 Å². The highest BCUT2D eigenvalue weighted by molar-refractivity contribution is 4.75. The van der Waals surface area contributed by atoms with E-state index in [1.165, 1.54) is 70.8 Å². The van der Waals surface area contributed by atoms with Gasteiger partial charge in [0, 0.05) is 6.42 Å². The van der Waals surface area contributed by atoms with Crippen LogP contribution >= 0.6 is 0 Å². The maximum Gasteiger partial charge on any atom is 0.115 e. The molecule has 3 heteroatoms. The van der Waals surface area contributed by atoms with Crippen LogP contribution < -0.4 is 17.0 Å². The van der Waals surface area contributed by atoms with Crippen molar-refractivity contribution in [2.45, 2.75) is 89.7 Å². The first-order valence-electron chi connectivity index (χ1n) is 8.58. The van der Waals surface area contributed by atoms with Gasteiger partial charge in [-0.05, 0) is 25.7 Å². The Labute approximate surface area is 137 Å². The van der Waals surface area contributed by atoms with E-state index < -0.39 is 0 Å². The topological polar surface area (TPSA) is 20.2 Å². The summed E-state index contributed by atoms with van der Waals surface area (Å²) in [5.41, 5.74) is 0. The van der Waals surface area contributed by atoms with E-state index in [1.807, 2.05) is 0 Å². The summed E-state index contributed by atoms with van der Waals surface area (Å²) in [6.45, 7) is 3.50. The van der Waals surface area contributed by atoms with Gasteiger partial charge in [0.2, 0.25) is 0 Å². The van der Waals surface area contributed by atoms with E-state index in [0.717, 1.165) is 10.9 Å². The summed E-state index contributed by atoms with van der Waals surface area (Å²) in [5, 5.41) is 10.2. The molecule has 0 aromatic rings. The minimum absolute atomic E-state index is 0. The molecule has 20 heavy (non-hydrogen) atoms. The van der Waals surface area contributed by atoms with E-state index in [4.69, 9.17) is 0 Å². The van der Waals surface area contributed by atoms with Gasteiger partial charge in [0.25, 0.3) is 0 Å². The second-order valence-corrected chi connectivity index (χ2v) is 7.04. The lowest BCUT2D eigenvalue weighted by Crippen LogP contribution is -3.00. The zero-order chi connectivity index (χ0) is 14.1. The van der Waals surface area contributed by atoms with Gasteiger partial charge >= 0.3 is 0 Å². The van der Waals surface area contributed by atoms with Crippen LogP contribution in [0.15, 0.2) is 0 Å². The predicted octanol–water partition coefficient (Wildman–Crippen LogP) is 1.12. The molecule has 122 valence electrons. The predicted molar refractivity (Wildman–Crippen MR) is 83.2 cm³/mol. The Kier molecular flexibility index (Phi) is 11.3. The number of aliphatic hydroxyl groups is 1. The van der Waals surface area contributed by atoms with Gasteiger partial charge in [0.05, 0.1) is 20.6 Å². The Morgan fingerprint density at radius 1 is 0.900 bits per heavy atom. The standard InChI is InChI=1S/C17H36NO.BrH/c1-4-5-6-7-8-9-12-15-18(2,3)16-13-10-11-14-17(16)19;/h16-17,19H,4-15H2,1-3H3;1H/q+1;/p-1. The minimum atomic E-state index is -0.0618. The average Bonchev–Trinajstić information content (AvgIpc) is 2.38. The van der Waals surface area contributed by atoms with Crippen molar-refractivity contribution < 1.29 is 26.6 Å². The molecule has 0 heterocycles. The van der Waals surface area contributed by atoms with E-state index >= 15 is 0 Å². The largest absolute Gasteiger partial charge is 1.00 e. The molecular weight excluding hydrogens is 314 g/mol. The molecule has 1 aliphatic rings. The van der Waals surface area contributed by atoms with Crippen LogP contribution in [0.2, 0.25) is 0 Å². The van der Waals surface area contributed by atoms with Gasteiger partial charge in [-0.25, -0.2) is 0 Å². The third-order valence-corrected chi connectivity index (χ3v) is 4.93. The van der Waals surface area contributed by atoms with Gasteiger partial charge in [-0.1, -0.05) is 45.4 Å². The summed E-state index contributed by atoms with van der Waals surface area (Å²) in [5.74, 6) is 0. The monoisotopic (exact) mass is 349 g/mol. The molecule has 0 aromatic carbocycles. The highest BCUT2D eigenvalue weighted by Crippen LogP contribution is 2.26. The Morgan fingerprint density at radius 3 is 2.05 bits per heavy atom. The van der Waals surface area contributed by atoms with E-state index in [1.54, 1.807) is 0 Å². The lowest BCUT2D eigenvalue weighted by Gasteiger charge is -2.42. The van der Waals surface area contributed by atoms with E-state index in [2.05, 4.69) is 21.0 Å². The van der Waals surface area contributed by atoms with E-state index in [0.29, 0.717) is 6.04 Å². The Bertz CT molecular complexity index is 233. The molecule has 1 N–H and O–H groups in total. The Hall–Kier alpha value is 0.400. The van der Waals surface area contributed by atoms with Crippen LogP contribution in [0.5, 0.6) is 0 Å². The number of nitrogens with zero attached hydrogens (tertiary/aromatic N) is 1. The van der Waals surface area contributed by atoms with Crippen molar-refractivity contribution in [3.05, 3.63) is 0 Å². The molecule has 1 aliphatic carbocycles. The molecule has 0 radical (unpaired) electrons. The normalized spacial score (nSPS) is 23.4. The number of halogens is 1. The molecule has 0 amide bonds. The molecule has 2 unspecified atom stereocenters. The van der Waals surface area contributed by atoms with Crippen molar-refractivity contribution in [2.75, 3.05) is 20.6 Å². The summed E-state index contributed by atoms with van der Waals surface area (Å²) in [4.78, 5) is 0. The van der Waals surface area contributed by atoms with Crippen molar-refractivity contribution in [3.63, 3.8) is 0 Å². The second-order valence-electron chi connectivity index (χ2n) is 7.04. The van der Waals surface area contributed by atoms with Gasteiger partial charge in [-0.2, -0.15) is 0 Å². The number of unbranched alkanes of at least 4 members (excludes halogenated alkanes) is 6. The number of likely N-dealkylation sites (N-methyl/N-ethyl adjacent to an activating group) is 1. The molecule has 0 aliphatic heterocycles. The molecule has 0 bridgehead atoms. The van der Waals surface area contributed by atoms with E-state index in [9.17, 15) is 5.11 Å². The maximum atomic E-state index is 10.2. The zero-order valence-electron chi connectivity index (χ0n) is 13.9. The second kappa shape index (κ2) is 11.0. The van der Waals surface area contributed by atoms with Crippen molar-refractivity contribution >= 4 is 0 Å². The number of hydrogen-bond acceptors (Lipinski definition) is 1. The van der Waals surface area contributed by atoms with Crippen molar-refractivity contribution in [1.82, 2.24) is 0 Å². The molecule has 0 spiro atoms. The first-order valence-corrected chi connectivity index (χ1v) is 8.58. The fraction of sp³-hybridized carbons (Fsp3) is 1.00. The summed E-state index contributed by atoms with van der Waals surface area (Å²) in [6.07, 6.45) is 14.3. The molecule has 0 saturated heterocycles. The molecule has 1 saturated carbocycles. The highest BCUT2D eigenvalue weighted by Gasteiger charge is 2.35. The van der Waals surface area contributed by atoms with E-state index in [-0.39, 0.29) is 23.1 Å². The first-order chi connectivity index (χ1) is 9.08. The molecule has 2 nitrogen and oxygen atoms in total. The maximum absolute atomic E-state index is 10.2. The Morgan fingerprint density at radius 2 is 1.45 bits per heavy atom. The van der Waals surface area contributed by atoms with Gasteiger partial charge < -0.3 is 26.6 Å². The zero-order valence-corrected chi connectivity index (χ0v) is 15.5. The summed E-state index contributed by atoms with van der Waals surface area (Å²) >= 11 is 0. The lowest BCUT2D eigenvalue weighted by molar-refractivity contribution is -0.920. The number of quaternary nitrogens is 1. The van der Waals surface area contributed by atoms with Crippen LogP contribution in [-0.2, 0) is 0 Å². The fourth-order valence-corrected chi connectivity index (χ4v) is 3.55. The third-order valence-electron chi connectivity index (χ3n) is 4.93. The smallest absolute Gasteiger partial charge is 0.115 e. The minimum Gasteiger partial charge on any atom is -1.00 e. The van der Waals surface area contributed by atoms with Crippen molar-refractivity contribution in [1.29, 1.82) is 0 Å². The van der Waals surface area contributed by atoms with Crippen LogP contribution in [0.4, 0.5) is 0 Å². The summed E-state index contributed by atoms with van der Waals surface area (Å²) < 4.78 is 1.02. The summed E-state index contributed by atoms with van der Waals surface area (Å²) in [7, 11) is 4.63. The SMILES string of the molecule is CCCCCCCCC[N+](C)(C)C1CCCCC1O.[Br-]. The van der Waals surface area contributed by atoms with Crippen LogP contribution in [0, 0.1) is 0 Å². The molecule has 1 rings (SSSR count). The number of hydrogen-bond donors (Lipinski definition) is 1. The Balaban J connectivity index is 0.00000361. The fourth-order valence-electron chi connectivity index (χ4n) is 3.55. The van der Waals surface area contributed by atoms with Gasteiger partial charge in [-0.15, -0.1) is 0 Å². The number of aliphatic hydroxyl groups excluding tert-OH is 1. The lowest BCUT2D eigenvalue weighted by atomic mass is 9.90. The summed E-state index contributed by atoms with van der Waals surface area (Å²) in [6, 6.07) is 0.480. The van der Waals surface area contributed by atoms with Crippen molar-refractivity contribution in [3.8, 4) is 0 Å². The first kappa shape index (κ1) is 20.4. The van der Waals surface area contributed by atoms with Gasteiger partial charge in [-0.3, -0.25) is 0 Å². The number of rotatable bonds is 9.